The van der Waals surface area contributed by atoms with Crippen LogP contribution in [-0.4, -0.2) is 71.6 Å². The topological polar surface area (TPSA) is 87.2 Å². The molecule has 2 aliphatic heterocycles. The second-order valence-corrected chi connectivity index (χ2v) is 7.10. The minimum atomic E-state index is -1.03. The van der Waals surface area contributed by atoms with Crippen molar-refractivity contribution in [2.45, 2.75) is 31.7 Å². The van der Waals surface area contributed by atoms with Crippen LogP contribution in [0.15, 0.2) is 30.3 Å². The van der Waals surface area contributed by atoms with Gasteiger partial charge in [-0.25, -0.2) is 4.79 Å². The number of ether oxygens (including phenoxy) is 1. The molecule has 0 spiro atoms. The van der Waals surface area contributed by atoms with Crippen molar-refractivity contribution in [2.24, 2.45) is 5.92 Å². The van der Waals surface area contributed by atoms with Crippen molar-refractivity contribution >= 4 is 17.8 Å². The van der Waals surface area contributed by atoms with Crippen molar-refractivity contribution in [3.63, 3.8) is 0 Å². The Bertz CT molecular complexity index is 670. The monoisotopic (exact) mass is 374 g/mol. The Morgan fingerprint density at radius 2 is 1.78 bits per heavy atom. The lowest BCUT2D eigenvalue weighted by Crippen LogP contribution is -2.55. The van der Waals surface area contributed by atoms with E-state index in [9.17, 15) is 19.5 Å². The molecule has 0 bridgehead atoms. The number of piperidine rings is 1. The van der Waals surface area contributed by atoms with Crippen molar-refractivity contribution in [2.75, 3.05) is 32.8 Å². The first-order valence-corrected chi connectivity index (χ1v) is 9.49. The van der Waals surface area contributed by atoms with E-state index in [1.165, 1.54) is 4.90 Å². The highest BCUT2D eigenvalue weighted by Crippen LogP contribution is 2.23. The normalized spacial score (nSPS) is 21.1. The Morgan fingerprint density at radius 1 is 1.07 bits per heavy atom. The number of amides is 2. The minimum Gasteiger partial charge on any atom is -0.480 e. The molecule has 7 heteroatoms. The van der Waals surface area contributed by atoms with Gasteiger partial charge in [0.15, 0.2) is 6.04 Å². The number of hydrogen-bond donors (Lipinski definition) is 1. The number of carboxylic acid groups (broad SMARTS) is 1. The smallest absolute Gasteiger partial charge is 0.328 e. The molecule has 2 saturated heterocycles. The van der Waals surface area contributed by atoms with Gasteiger partial charge in [-0.3, -0.25) is 9.59 Å². The molecule has 2 aliphatic rings. The number of carboxylic acids is 1. The molecular weight excluding hydrogens is 348 g/mol. The molecular formula is C20H26N2O5. The molecule has 1 aromatic carbocycles. The SMILES string of the molecule is O=C(O)C1COCCN1C(=O)C1CCN(C(=O)CCc2ccccc2)CC1. The predicted molar refractivity (Wildman–Crippen MR) is 98.0 cm³/mol. The molecule has 0 saturated carbocycles. The average Bonchev–Trinajstić information content (AvgIpc) is 2.72. The van der Waals surface area contributed by atoms with Gasteiger partial charge in [-0.15, -0.1) is 0 Å². The number of hydrogen-bond acceptors (Lipinski definition) is 4. The van der Waals surface area contributed by atoms with Gasteiger partial charge in [0, 0.05) is 32.0 Å². The minimum absolute atomic E-state index is 0.0396. The van der Waals surface area contributed by atoms with Crippen LogP contribution < -0.4 is 0 Å². The Morgan fingerprint density at radius 3 is 2.44 bits per heavy atom. The van der Waals surface area contributed by atoms with Gasteiger partial charge in [-0.1, -0.05) is 30.3 Å². The van der Waals surface area contributed by atoms with Crippen molar-refractivity contribution in [1.29, 1.82) is 0 Å². The fraction of sp³-hybridized carbons (Fsp3) is 0.550. The quantitative estimate of drug-likeness (QED) is 0.836. The Kier molecular flexibility index (Phi) is 6.45. The van der Waals surface area contributed by atoms with Crippen LogP contribution in [0.4, 0.5) is 0 Å². The summed E-state index contributed by atoms with van der Waals surface area (Å²) in [7, 11) is 0. The highest BCUT2D eigenvalue weighted by Gasteiger charge is 2.37. The van der Waals surface area contributed by atoms with Gasteiger partial charge < -0.3 is 19.6 Å². The van der Waals surface area contributed by atoms with Gasteiger partial charge in [-0.2, -0.15) is 0 Å². The van der Waals surface area contributed by atoms with Crippen molar-refractivity contribution < 1.29 is 24.2 Å². The van der Waals surface area contributed by atoms with Gasteiger partial charge in [0.2, 0.25) is 11.8 Å². The molecule has 146 valence electrons. The summed E-state index contributed by atoms with van der Waals surface area (Å²) in [6.07, 6.45) is 2.35. The van der Waals surface area contributed by atoms with E-state index in [0.29, 0.717) is 51.9 Å². The van der Waals surface area contributed by atoms with Crippen LogP contribution in [0.1, 0.15) is 24.8 Å². The summed E-state index contributed by atoms with van der Waals surface area (Å²) < 4.78 is 5.20. The second-order valence-electron chi connectivity index (χ2n) is 7.10. The lowest BCUT2D eigenvalue weighted by atomic mass is 9.94. The number of likely N-dealkylation sites (tertiary alicyclic amines) is 1. The van der Waals surface area contributed by atoms with Crippen LogP contribution in [0.2, 0.25) is 0 Å². The number of aryl methyl sites for hydroxylation is 1. The van der Waals surface area contributed by atoms with E-state index in [1.807, 2.05) is 35.2 Å². The Hall–Kier alpha value is -2.41. The molecule has 7 nitrogen and oxygen atoms in total. The number of rotatable bonds is 5. The summed E-state index contributed by atoms with van der Waals surface area (Å²) in [6.45, 7) is 1.81. The third-order valence-corrected chi connectivity index (χ3v) is 5.36. The highest BCUT2D eigenvalue weighted by atomic mass is 16.5. The molecule has 1 unspecified atom stereocenters. The molecule has 27 heavy (non-hydrogen) atoms. The first-order valence-electron chi connectivity index (χ1n) is 9.49. The summed E-state index contributed by atoms with van der Waals surface area (Å²) in [5.41, 5.74) is 1.14. The van der Waals surface area contributed by atoms with Crippen LogP contribution in [-0.2, 0) is 25.5 Å². The third-order valence-electron chi connectivity index (χ3n) is 5.36. The Labute approximate surface area is 158 Å². The molecule has 2 fully saturated rings. The lowest BCUT2D eigenvalue weighted by molar-refractivity contribution is -0.161. The second kappa shape index (κ2) is 8.99. The molecule has 0 aliphatic carbocycles. The van der Waals surface area contributed by atoms with Crippen LogP contribution in [0.3, 0.4) is 0 Å². The fourth-order valence-electron chi connectivity index (χ4n) is 3.74. The van der Waals surface area contributed by atoms with E-state index in [-0.39, 0.29) is 24.3 Å². The molecule has 2 amide bonds. The number of carbonyl (C=O) groups is 3. The number of benzene rings is 1. The van der Waals surface area contributed by atoms with Gasteiger partial charge in [-0.05, 0) is 24.8 Å². The average molecular weight is 374 g/mol. The van der Waals surface area contributed by atoms with E-state index in [1.54, 1.807) is 0 Å². The fourth-order valence-corrected chi connectivity index (χ4v) is 3.74. The summed E-state index contributed by atoms with van der Waals surface area (Å²) in [4.78, 5) is 39.8. The van der Waals surface area contributed by atoms with E-state index in [4.69, 9.17) is 4.74 Å². The largest absolute Gasteiger partial charge is 0.480 e. The first-order chi connectivity index (χ1) is 13.1. The van der Waals surface area contributed by atoms with Crippen LogP contribution in [0, 0.1) is 5.92 Å². The van der Waals surface area contributed by atoms with Gasteiger partial charge in [0.25, 0.3) is 0 Å². The maximum absolute atomic E-state index is 12.8. The van der Waals surface area contributed by atoms with Crippen molar-refractivity contribution in [3.8, 4) is 0 Å². The van der Waals surface area contributed by atoms with Crippen LogP contribution >= 0.6 is 0 Å². The summed E-state index contributed by atoms with van der Waals surface area (Å²) in [5, 5.41) is 9.30. The summed E-state index contributed by atoms with van der Waals surface area (Å²) >= 11 is 0. The van der Waals surface area contributed by atoms with Crippen molar-refractivity contribution in [1.82, 2.24) is 9.80 Å². The molecule has 1 N–H and O–H groups in total. The zero-order chi connectivity index (χ0) is 19.2. The van der Waals surface area contributed by atoms with Crippen LogP contribution in [0.25, 0.3) is 0 Å². The van der Waals surface area contributed by atoms with E-state index in [0.717, 1.165) is 5.56 Å². The van der Waals surface area contributed by atoms with E-state index in [2.05, 4.69) is 0 Å². The first kappa shape index (κ1) is 19.4. The highest BCUT2D eigenvalue weighted by molar-refractivity contribution is 5.85. The summed E-state index contributed by atoms with van der Waals surface area (Å²) in [6, 6.07) is 9.01. The Balaban J connectivity index is 1.48. The van der Waals surface area contributed by atoms with Crippen molar-refractivity contribution in [3.05, 3.63) is 35.9 Å². The molecule has 0 aromatic heterocycles. The molecule has 1 aromatic rings. The zero-order valence-corrected chi connectivity index (χ0v) is 15.4. The van der Waals surface area contributed by atoms with E-state index < -0.39 is 12.0 Å². The van der Waals surface area contributed by atoms with E-state index >= 15 is 0 Å². The number of nitrogens with zero attached hydrogens (tertiary/aromatic N) is 2. The third kappa shape index (κ3) is 4.86. The lowest BCUT2D eigenvalue weighted by Gasteiger charge is -2.38. The molecule has 2 heterocycles. The number of aliphatic carboxylic acids is 1. The van der Waals surface area contributed by atoms with Crippen LogP contribution in [0.5, 0.6) is 0 Å². The molecule has 3 rings (SSSR count). The molecule has 0 radical (unpaired) electrons. The van der Waals surface area contributed by atoms with Gasteiger partial charge in [0.1, 0.15) is 0 Å². The number of carbonyl (C=O) groups excluding carboxylic acids is 2. The number of morpholine rings is 1. The standard InChI is InChI=1S/C20H26N2O5/c23-18(7-6-15-4-2-1-3-5-15)21-10-8-16(9-11-21)19(24)22-12-13-27-14-17(22)20(25)26/h1-5,16-17H,6-14H2,(H,25,26). The summed E-state index contributed by atoms with van der Waals surface area (Å²) in [5.74, 6) is -1.26. The maximum atomic E-state index is 12.8. The van der Waals surface area contributed by atoms with Gasteiger partial charge >= 0.3 is 5.97 Å². The zero-order valence-electron chi connectivity index (χ0n) is 15.4. The van der Waals surface area contributed by atoms with Gasteiger partial charge in [0.05, 0.1) is 13.2 Å². The maximum Gasteiger partial charge on any atom is 0.328 e. The predicted octanol–water partition coefficient (Wildman–Crippen LogP) is 1.17. The molecule has 1 atom stereocenters.